The van der Waals surface area contributed by atoms with Gasteiger partial charge in [0.1, 0.15) is 0 Å². The Hall–Kier alpha value is -0.820. The normalized spacial score (nSPS) is 12.7. The second kappa shape index (κ2) is 7.47. The Morgan fingerprint density at radius 2 is 1.80 bits per heavy atom. The molecule has 1 N–H and O–H groups in total. The molecule has 0 amide bonds. The molecule has 0 spiro atoms. The van der Waals surface area contributed by atoms with Crippen molar-refractivity contribution in [2.45, 2.75) is 45.6 Å². The first-order valence-corrected chi connectivity index (χ1v) is 6.13. The summed E-state index contributed by atoms with van der Waals surface area (Å²) in [5.74, 6) is 0. The highest BCUT2D eigenvalue weighted by Crippen LogP contribution is 2.11. The average Bonchev–Trinajstić information content (AvgIpc) is 2.30. The lowest BCUT2D eigenvalue weighted by molar-refractivity contribution is 0.536. The van der Waals surface area contributed by atoms with Crippen molar-refractivity contribution in [2.75, 3.05) is 6.54 Å². The predicted octanol–water partition coefficient (Wildman–Crippen LogP) is 3.92. The minimum absolute atomic E-state index is 0.479. The summed E-state index contributed by atoms with van der Waals surface area (Å²) in [6.45, 7) is 5.62. The first kappa shape index (κ1) is 12.3. The largest absolute Gasteiger partial charge is 0.310 e. The van der Waals surface area contributed by atoms with Gasteiger partial charge in [-0.25, -0.2) is 0 Å². The smallest absolute Gasteiger partial charge is 0.0291 e. The fourth-order valence-corrected chi connectivity index (χ4v) is 1.73. The monoisotopic (exact) mass is 205 g/mol. The molecule has 1 aromatic carbocycles. The zero-order valence-electron chi connectivity index (χ0n) is 10.00. The summed E-state index contributed by atoms with van der Waals surface area (Å²) in [5, 5.41) is 3.56. The molecule has 0 aromatic heterocycles. The van der Waals surface area contributed by atoms with Crippen molar-refractivity contribution in [1.29, 1.82) is 0 Å². The number of hydrogen-bond donors (Lipinski definition) is 1. The third-order valence-electron chi connectivity index (χ3n) is 2.78. The Morgan fingerprint density at radius 3 is 2.47 bits per heavy atom. The van der Waals surface area contributed by atoms with Gasteiger partial charge in [-0.05, 0) is 25.5 Å². The summed E-state index contributed by atoms with van der Waals surface area (Å²) < 4.78 is 0. The van der Waals surface area contributed by atoms with Crippen LogP contribution in [-0.4, -0.2) is 6.54 Å². The SMILES string of the molecule is CCCCCCNC(C)c1ccccc1. The van der Waals surface area contributed by atoms with Crippen molar-refractivity contribution in [3.63, 3.8) is 0 Å². The van der Waals surface area contributed by atoms with Gasteiger partial charge in [0.2, 0.25) is 0 Å². The number of unbranched alkanes of at least 4 members (excludes halogenated alkanes) is 3. The third-order valence-corrected chi connectivity index (χ3v) is 2.78. The molecule has 0 fully saturated rings. The molecule has 0 aliphatic carbocycles. The Bertz CT molecular complexity index is 243. The quantitative estimate of drug-likeness (QED) is 0.665. The molecule has 1 aromatic rings. The maximum Gasteiger partial charge on any atom is 0.0291 e. The minimum atomic E-state index is 0.479. The van der Waals surface area contributed by atoms with Gasteiger partial charge in [-0.15, -0.1) is 0 Å². The van der Waals surface area contributed by atoms with Crippen LogP contribution in [0.3, 0.4) is 0 Å². The molecule has 1 nitrogen and oxygen atoms in total. The van der Waals surface area contributed by atoms with Crippen molar-refractivity contribution < 1.29 is 0 Å². The predicted molar refractivity (Wildman–Crippen MR) is 67.0 cm³/mol. The Balaban J connectivity index is 2.16. The molecular formula is C14H23N. The zero-order chi connectivity index (χ0) is 10.9. The zero-order valence-corrected chi connectivity index (χ0v) is 10.00. The number of hydrogen-bond acceptors (Lipinski definition) is 1. The summed E-state index contributed by atoms with van der Waals surface area (Å²) in [6.07, 6.45) is 5.33. The molecule has 0 heterocycles. The van der Waals surface area contributed by atoms with Crippen molar-refractivity contribution in [2.24, 2.45) is 0 Å². The minimum Gasteiger partial charge on any atom is -0.310 e. The molecule has 1 atom stereocenters. The van der Waals surface area contributed by atoms with Gasteiger partial charge in [-0.3, -0.25) is 0 Å². The van der Waals surface area contributed by atoms with Crippen LogP contribution in [0.5, 0.6) is 0 Å². The lowest BCUT2D eigenvalue weighted by Crippen LogP contribution is -2.19. The first-order chi connectivity index (χ1) is 7.34. The molecule has 0 saturated carbocycles. The van der Waals surface area contributed by atoms with Crippen LogP contribution in [0, 0.1) is 0 Å². The molecule has 1 unspecified atom stereocenters. The molecule has 0 radical (unpaired) electrons. The van der Waals surface area contributed by atoms with E-state index < -0.39 is 0 Å². The Morgan fingerprint density at radius 1 is 1.07 bits per heavy atom. The molecule has 15 heavy (non-hydrogen) atoms. The van der Waals surface area contributed by atoms with Gasteiger partial charge in [-0.1, -0.05) is 56.5 Å². The summed E-state index contributed by atoms with van der Waals surface area (Å²) in [7, 11) is 0. The fraction of sp³-hybridized carbons (Fsp3) is 0.571. The highest BCUT2D eigenvalue weighted by atomic mass is 14.9. The molecule has 1 heteroatoms. The summed E-state index contributed by atoms with van der Waals surface area (Å²) in [4.78, 5) is 0. The molecule has 0 bridgehead atoms. The molecule has 1 rings (SSSR count). The topological polar surface area (TPSA) is 12.0 Å². The second-order valence-corrected chi connectivity index (χ2v) is 4.15. The highest BCUT2D eigenvalue weighted by molar-refractivity contribution is 5.17. The average molecular weight is 205 g/mol. The summed E-state index contributed by atoms with van der Waals surface area (Å²) in [5.41, 5.74) is 1.38. The van der Waals surface area contributed by atoms with Gasteiger partial charge < -0.3 is 5.32 Å². The number of nitrogens with one attached hydrogen (secondary N) is 1. The van der Waals surface area contributed by atoms with E-state index in [0.717, 1.165) is 6.54 Å². The Kier molecular flexibility index (Phi) is 6.10. The van der Waals surface area contributed by atoms with E-state index in [-0.39, 0.29) is 0 Å². The van der Waals surface area contributed by atoms with E-state index in [1.807, 2.05) is 0 Å². The maximum absolute atomic E-state index is 3.56. The van der Waals surface area contributed by atoms with Crippen LogP contribution >= 0.6 is 0 Å². The first-order valence-electron chi connectivity index (χ1n) is 6.13. The third kappa shape index (κ3) is 4.98. The standard InChI is InChI=1S/C14H23N/c1-3-4-5-9-12-15-13(2)14-10-7-6-8-11-14/h6-8,10-11,13,15H,3-5,9,12H2,1-2H3. The van der Waals surface area contributed by atoms with E-state index in [1.54, 1.807) is 0 Å². The Labute approximate surface area is 93.9 Å². The van der Waals surface area contributed by atoms with Gasteiger partial charge in [0.05, 0.1) is 0 Å². The van der Waals surface area contributed by atoms with Crippen molar-refractivity contribution in [3.05, 3.63) is 35.9 Å². The van der Waals surface area contributed by atoms with Crippen LogP contribution in [0.2, 0.25) is 0 Å². The van der Waals surface area contributed by atoms with Crippen LogP contribution in [-0.2, 0) is 0 Å². The van der Waals surface area contributed by atoms with Crippen LogP contribution < -0.4 is 5.32 Å². The maximum atomic E-state index is 3.56. The van der Waals surface area contributed by atoms with E-state index >= 15 is 0 Å². The van der Waals surface area contributed by atoms with Gasteiger partial charge in [0.15, 0.2) is 0 Å². The summed E-state index contributed by atoms with van der Waals surface area (Å²) >= 11 is 0. The van der Waals surface area contributed by atoms with Crippen molar-refractivity contribution in [3.8, 4) is 0 Å². The number of rotatable bonds is 7. The van der Waals surface area contributed by atoms with Crippen LogP contribution in [0.25, 0.3) is 0 Å². The van der Waals surface area contributed by atoms with Gasteiger partial charge in [0, 0.05) is 6.04 Å². The highest BCUT2D eigenvalue weighted by Gasteiger charge is 2.01. The molecule has 84 valence electrons. The summed E-state index contributed by atoms with van der Waals surface area (Å²) in [6, 6.07) is 11.1. The second-order valence-electron chi connectivity index (χ2n) is 4.15. The van der Waals surface area contributed by atoms with Crippen molar-refractivity contribution >= 4 is 0 Å². The molecular weight excluding hydrogens is 182 g/mol. The molecule has 0 aliphatic heterocycles. The van der Waals surface area contributed by atoms with E-state index in [0.29, 0.717) is 6.04 Å². The number of benzene rings is 1. The van der Waals surface area contributed by atoms with Gasteiger partial charge in [-0.2, -0.15) is 0 Å². The van der Waals surface area contributed by atoms with Crippen LogP contribution in [0.1, 0.15) is 51.1 Å². The van der Waals surface area contributed by atoms with Crippen LogP contribution in [0.4, 0.5) is 0 Å². The molecule has 0 saturated heterocycles. The van der Waals surface area contributed by atoms with E-state index in [9.17, 15) is 0 Å². The lowest BCUT2D eigenvalue weighted by atomic mass is 10.1. The molecule has 0 aliphatic rings. The van der Waals surface area contributed by atoms with Crippen LogP contribution in [0.15, 0.2) is 30.3 Å². The van der Waals surface area contributed by atoms with E-state index in [1.165, 1.54) is 31.2 Å². The van der Waals surface area contributed by atoms with Gasteiger partial charge >= 0.3 is 0 Å². The van der Waals surface area contributed by atoms with E-state index in [4.69, 9.17) is 0 Å². The van der Waals surface area contributed by atoms with Gasteiger partial charge in [0.25, 0.3) is 0 Å². The van der Waals surface area contributed by atoms with E-state index in [2.05, 4.69) is 49.5 Å². The lowest BCUT2D eigenvalue weighted by Gasteiger charge is -2.13. The fourth-order valence-electron chi connectivity index (χ4n) is 1.73. The van der Waals surface area contributed by atoms with Crippen molar-refractivity contribution in [1.82, 2.24) is 5.32 Å².